The summed E-state index contributed by atoms with van der Waals surface area (Å²) in [6.07, 6.45) is 5.42. The predicted molar refractivity (Wildman–Crippen MR) is 128 cm³/mol. The third-order valence-corrected chi connectivity index (χ3v) is 5.79. The maximum atomic E-state index is 5.68. The van der Waals surface area contributed by atoms with E-state index in [-0.39, 0.29) is 0 Å². The Balaban J connectivity index is 1.56. The standard InChI is InChI=1S/C24H23N5OS/c1-17-15-29(16-27-17)22-10-9-18(12-23(22)30-2)21(28-25)14-26-13-19-6-3-4-7-20(19)24-8-5-11-31-24/h3-12,14-16H,13,25H2,1-2H3/b26-14?,28-21+. The average Bonchev–Trinajstić information content (AvgIpc) is 3.49. The van der Waals surface area contributed by atoms with Crippen LogP contribution in [0.5, 0.6) is 5.75 Å². The van der Waals surface area contributed by atoms with Crippen molar-refractivity contribution in [3.8, 4) is 21.9 Å². The van der Waals surface area contributed by atoms with Gasteiger partial charge in [-0.05, 0) is 41.6 Å². The smallest absolute Gasteiger partial charge is 0.143 e. The van der Waals surface area contributed by atoms with Gasteiger partial charge in [-0.2, -0.15) is 5.10 Å². The van der Waals surface area contributed by atoms with E-state index in [1.165, 1.54) is 10.4 Å². The molecule has 156 valence electrons. The van der Waals surface area contributed by atoms with Gasteiger partial charge in [-0.3, -0.25) is 4.99 Å². The monoisotopic (exact) mass is 429 g/mol. The van der Waals surface area contributed by atoms with Crippen LogP contribution in [0.25, 0.3) is 16.1 Å². The highest BCUT2D eigenvalue weighted by atomic mass is 32.1. The van der Waals surface area contributed by atoms with E-state index in [0.29, 0.717) is 18.0 Å². The zero-order valence-electron chi connectivity index (χ0n) is 17.4. The number of aromatic nitrogens is 2. The number of hydrazone groups is 1. The topological polar surface area (TPSA) is 77.8 Å². The summed E-state index contributed by atoms with van der Waals surface area (Å²) in [6.45, 7) is 2.49. The average molecular weight is 430 g/mol. The van der Waals surface area contributed by atoms with E-state index in [4.69, 9.17) is 10.6 Å². The minimum Gasteiger partial charge on any atom is -0.495 e. The summed E-state index contributed by atoms with van der Waals surface area (Å²) in [7, 11) is 1.64. The first-order valence-corrected chi connectivity index (χ1v) is 10.7. The van der Waals surface area contributed by atoms with Crippen LogP contribution >= 0.6 is 11.3 Å². The Labute approximate surface area is 185 Å². The van der Waals surface area contributed by atoms with Crippen LogP contribution in [-0.4, -0.2) is 28.6 Å². The van der Waals surface area contributed by atoms with Crippen molar-refractivity contribution in [2.75, 3.05) is 7.11 Å². The lowest BCUT2D eigenvalue weighted by Gasteiger charge is -2.11. The molecule has 0 saturated heterocycles. The molecule has 0 aliphatic rings. The maximum Gasteiger partial charge on any atom is 0.143 e. The molecule has 2 N–H and O–H groups in total. The molecule has 2 aromatic heterocycles. The summed E-state index contributed by atoms with van der Waals surface area (Å²) in [5.41, 5.74) is 5.59. The zero-order valence-corrected chi connectivity index (χ0v) is 18.2. The van der Waals surface area contributed by atoms with Gasteiger partial charge in [0.1, 0.15) is 11.5 Å². The number of thiophene rings is 1. The van der Waals surface area contributed by atoms with Crippen LogP contribution in [0.4, 0.5) is 0 Å². The van der Waals surface area contributed by atoms with E-state index in [1.807, 2.05) is 48.0 Å². The number of ether oxygens (including phenoxy) is 1. The van der Waals surface area contributed by atoms with Crippen molar-refractivity contribution in [3.63, 3.8) is 0 Å². The first-order chi connectivity index (χ1) is 15.2. The number of benzene rings is 2. The van der Waals surface area contributed by atoms with Crippen LogP contribution in [0.15, 0.2) is 82.6 Å². The van der Waals surface area contributed by atoms with Crippen LogP contribution in [-0.2, 0) is 6.54 Å². The molecular formula is C24H23N5OS. The van der Waals surface area contributed by atoms with Gasteiger partial charge < -0.3 is 15.1 Å². The van der Waals surface area contributed by atoms with Crippen LogP contribution in [0.2, 0.25) is 0 Å². The van der Waals surface area contributed by atoms with Gasteiger partial charge >= 0.3 is 0 Å². The molecule has 4 aromatic rings. The number of hydrogen-bond acceptors (Lipinski definition) is 6. The molecule has 2 aromatic carbocycles. The molecule has 2 heterocycles. The quantitative estimate of drug-likeness (QED) is 0.259. The molecule has 0 radical (unpaired) electrons. The molecule has 0 saturated carbocycles. The molecule has 6 nitrogen and oxygen atoms in total. The minimum absolute atomic E-state index is 0.538. The summed E-state index contributed by atoms with van der Waals surface area (Å²) in [6, 6.07) is 18.3. The highest BCUT2D eigenvalue weighted by molar-refractivity contribution is 7.13. The number of methoxy groups -OCH3 is 1. The van der Waals surface area contributed by atoms with Crippen molar-refractivity contribution in [1.82, 2.24) is 9.55 Å². The molecule has 0 fully saturated rings. The van der Waals surface area contributed by atoms with Crippen LogP contribution in [0.3, 0.4) is 0 Å². The van der Waals surface area contributed by atoms with Crippen LogP contribution in [0, 0.1) is 6.92 Å². The number of nitrogens with zero attached hydrogens (tertiary/aromatic N) is 4. The summed E-state index contributed by atoms with van der Waals surface area (Å²) < 4.78 is 7.51. The highest BCUT2D eigenvalue weighted by Crippen LogP contribution is 2.28. The number of nitrogens with two attached hydrogens (primary N) is 1. The zero-order chi connectivity index (χ0) is 21.6. The van der Waals surface area contributed by atoms with Gasteiger partial charge in [0.25, 0.3) is 0 Å². The fourth-order valence-corrected chi connectivity index (χ4v) is 4.13. The second-order valence-corrected chi connectivity index (χ2v) is 7.88. The van der Waals surface area contributed by atoms with Gasteiger partial charge in [-0.1, -0.05) is 36.4 Å². The minimum atomic E-state index is 0.538. The van der Waals surface area contributed by atoms with E-state index in [0.717, 1.165) is 22.5 Å². The molecule has 0 aliphatic carbocycles. The van der Waals surface area contributed by atoms with Gasteiger partial charge in [0.15, 0.2) is 0 Å². The molecule has 0 spiro atoms. The van der Waals surface area contributed by atoms with Crippen molar-refractivity contribution in [3.05, 3.63) is 89.3 Å². The van der Waals surface area contributed by atoms with Gasteiger partial charge in [0, 0.05) is 22.9 Å². The van der Waals surface area contributed by atoms with Gasteiger partial charge in [0.05, 0.1) is 31.4 Å². The Kier molecular flexibility index (Phi) is 6.24. The molecule has 0 atom stereocenters. The SMILES string of the molecule is COc1cc(/C(C=NCc2ccccc2-c2cccs2)=N/N)ccc1-n1cnc(C)c1. The molecule has 4 rings (SSSR count). The third-order valence-electron chi connectivity index (χ3n) is 4.88. The fourth-order valence-electron chi connectivity index (χ4n) is 3.35. The first kappa shape index (κ1) is 20.6. The predicted octanol–water partition coefficient (Wildman–Crippen LogP) is 4.85. The third kappa shape index (κ3) is 4.57. The molecule has 0 bridgehead atoms. The van der Waals surface area contributed by atoms with E-state index in [9.17, 15) is 0 Å². The molecule has 0 unspecified atom stereocenters. The largest absolute Gasteiger partial charge is 0.495 e. The van der Waals surface area contributed by atoms with Gasteiger partial charge in [-0.15, -0.1) is 11.3 Å². The van der Waals surface area contributed by atoms with Crippen LogP contribution in [0.1, 0.15) is 16.8 Å². The van der Waals surface area contributed by atoms with Crippen molar-refractivity contribution < 1.29 is 4.74 Å². The Bertz CT molecular complexity index is 1220. The molecule has 0 amide bonds. The van der Waals surface area contributed by atoms with E-state index in [2.05, 4.69) is 44.7 Å². The Morgan fingerprint density at radius 2 is 2.06 bits per heavy atom. The first-order valence-electron chi connectivity index (χ1n) is 9.78. The molecule has 7 heteroatoms. The maximum absolute atomic E-state index is 5.68. The van der Waals surface area contributed by atoms with E-state index < -0.39 is 0 Å². The summed E-state index contributed by atoms with van der Waals surface area (Å²) in [5.74, 6) is 6.38. The van der Waals surface area contributed by atoms with Gasteiger partial charge in [-0.25, -0.2) is 4.98 Å². The second kappa shape index (κ2) is 9.40. The lowest BCUT2D eigenvalue weighted by atomic mass is 10.1. The summed E-state index contributed by atoms with van der Waals surface area (Å²) in [5, 5.41) is 6.02. The normalized spacial score (nSPS) is 11.9. The number of hydrogen-bond donors (Lipinski definition) is 1. The van der Waals surface area contributed by atoms with Crippen molar-refractivity contribution in [2.45, 2.75) is 13.5 Å². The fraction of sp³-hybridized carbons (Fsp3) is 0.125. The number of rotatable bonds is 7. The highest BCUT2D eigenvalue weighted by Gasteiger charge is 2.10. The van der Waals surface area contributed by atoms with E-state index >= 15 is 0 Å². The van der Waals surface area contributed by atoms with Gasteiger partial charge in [0.2, 0.25) is 0 Å². The van der Waals surface area contributed by atoms with Crippen molar-refractivity contribution >= 4 is 23.3 Å². The Hall–Kier alpha value is -3.71. The Morgan fingerprint density at radius 3 is 2.77 bits per heavy atom. The molecule has 31 heavy (non-hydrogen) atoms. The van der Waals surface area contributed by atoms with Crippen LogP contribution < -0.4 is 10.6 Å². The summed E-state index contributed by atoms with van der Waals surface area (Å²) in [4.78, 5) is 10.1. The van der Waals surface area contributed by atoms with E-state index in [1.54, 1.807) is 31.0 Å². The lowest BCUT2D eigenvalue weighted by Crippen LogP contribution is -2.08. The van der Waals surface area contributed by atoms with Crippen molar-refractivity contribution in [1.29, 1.82) is 0 Å². The number of aryl methyl sites for hydroxylation is 1. The lowest BCUT2D eigenvalue weighted by molar-refractivity contribution is 0.413. The summed E-state index contributed by atoms with van der Waals surface area (Å²) >= 11 is 1.72. The van der Waals surface area contributed by atoms with Crippen molar-refractivity contribution in [2.24, 2.45) is 15.9 Å². The molecule has 0 aliphatic heterocycles. The number of imidazole rings is 1. The Morgan fingerprint density at radius 1 is 1.19 bits per heavy atom. The second-order valence-electron chi connectivity index (χ2n) is 6.93. The molecular weight excluding hydrogens is 406 g/mol. The number of aliphatic imine (C=N–C) groups is 1.